The standard InChI is InChI=1S/C25H24N4O7/c1-15-28-29-21(34-15)16-5-7-17(8-6-16)35-18-9-11-19(12-10-18)36-25(14-20-4-2-3-13-33-20)22(30)26-24(32)27-23(25)31/h5-12,20H,2-4,13-14H2,1H3,(H2,26,27,30,31,32). The first-order valence-corrected chi connectivity index (χ1v) is 11.6. The van der Waals surface area contributed by atoms with E-state index in [0.29, 0.717) is 36.3 Å². The van der Waals surface area contributed by atoms with Gasteiger partial charge in [-0.3, -0.25) is 20.2 Å². The van der Waals surface area contributed by atoms with Gasteiger partial charge < -0.3 is 18.6 Å². The summed E-state index contributed by atoms with van der Waals surface area (Å²) in [7, 11) is 0. The number of aryl methyl sites for hydroxylation is 1. The third-order valence-corrected chi connectivity index (χ3v) is 5.96. The summed E-state index contributed by atoms with van der Waals surface area (Å²) in [6.45, 7) is 2.27. The minimum atomic E-state index is -1.93. The van der Waals surface area contributed by atoms with Crippen molar-refractivity contribution >= 4 is 17.8 Å². The van der Waals surface area contributed by atoms with Crippen molar-refractivity contribution in [1.29, 1.82) is 0 Å². The average Bonchev–Trinajstić information content (AvgIpc) is 3.31. The van der Waals surface area contributed by atoms with Gasteiger partial charge in [-0.2, -0.15) is 0 Å². The molecule has 36 heavy (non-hydrogen) atoms. The number of urea groups is 1. The summed E-state index contributed by atoms with van der Waals surface area (Å²) in [6.07, 6.45) is 2.18. The number of carbonyl (C=O) groups is 3. The molecule has 1 atom stereocenters. The lowest BCUT2D eigenvalue weighted by Crippen LogP contribution is -2.70. The molecule has 11 heteroatoms. The van der Waals surface area contributed by atoms with Crippen LogP contribution in [-0.2, 0) is 14.3 Å². The van der Waals surface area contributed by atoms with Gasteiger partial charge in [-0.05, 0) is 67.8 Å². The number of rotatable bonds is 7. The van der Waals surface area contributed by atoms with E-state index in [1.807, 2.05) is 0 Å². The second-order valence-electron chi connectivity index (χ2n) is 8.58. The van der Waals surface area contributed by atoms with E-state index in [1.165, 1.54) is 0 Å². The highest BCUT2D eigenvalue weighted by Crippen LogP contribution is 2.32. The molecule has 3 aromatic rings. The summed E-state index contributed by atoms with van der Waals surface area (Å²) in [4.78, 5) is 37.3. The van der Waals surface area contributed by atoms with E-state index < -0.39 is 23.4 Å². The summed E-state index contributed by atoms with van der Waals surface area (Å²) in [5, 5.41) is 12.1. The molecule has 5 rings (SSSR count). The molecule has 0 radical (unpaired) electrons. The van der Waals surface area contributed by atoms with Crippen LogP contribution in [0.1, 0.15) is 31.6 Å². The molecule has 2 aromatic carbocycles. The molecule has 1 aromatic heterocycles. The minimum absolute atomic E-state index is 0.0118. The molecule has 2 aliphatic rings. The minimum Gasteiger partial charge on any atom is -0.467 e. The third kappa shape index (κ3) is 4.91. The van der Waals surface area contributed by atoms with E-state index in [0.717, 1.165) is 18.4 Å². The lowest BCUT2D eigenvalue weighted by Gasteiger charge is -2.37. The predicted molar refractivity (Wildman–Crippen MR) is 124 cm³/mol. The van der Waals surface area contributed by atoms with Gasteiger partial charge in [0.15, 0.2) is 0 Å². The van der Waals surface area contributed by atoms with Crippen LogP contribution in [0.15, 0.2) is 52.9 Å². The topological polar surface area (TPSA) is 142 Å². The second-order valence-corrected chi connectivity index (χ2v) is 8.58. The van der Waals surface area contributed by atoms with E-state index in [-0.39, 0.29) is 18.3 Å². The zero-order chi connectivity index (χ0) is 25.1. The van der Waals surface area contributed by atoms with Crippen molar-refractivity contribution in [2.75, 3.05) is 6.61 Å². The first-order chi connectivity index (χ1) is 17.4. The number of amides is 4. The van der Waals surface area contributed by atoms with Crippen LogP contribution in [0.5, 0.6) is 17.2 Å². The smallest absolute Gasteiger partial charge is 0.328 e. The van der Waals surface area contributed by atoms with E-state index in [2.05, 4.69) is 20.8 Å². The number of nitrogens with zero attached hydrogens (tertiary/aromatic N) is 2. The molecule has 0 bridgehead atoms. The monoisotopic (exact) mass is 492 g/mol. The van der Waals surface area contributed by atoms with E-state index in [1.54, 1.807) is 55.5 Å². The van der Waals surface area contributed by atoms with Gasteiger partial charge in [0.1, 0.15) is 17.2 Å². The van der Waals surface area contributed by atoms with Gasteiger partial charge in [0.2, 0.25) is 11.8 Å². The Labute approximate surface area is 206 Å². The van der Waals surface area contributed by atoms with Gasteiger partial charge in [0, 0.05) is 25.5 Å². The summed E-state index contributed by atoms with van der Waals surface area (Å²) in [5.41, 5.74) is -1.16. The SMILES string of the molecule is Cc1nnc(-c2ccc(Oc3ccc(OC4(CC5CCCCO5)C(=O)NC(=O)NC4=O)cc3)cc2)o1. The molecule has 3 heterocycles. The quantitative estimate of drug-likeness (QED) is 0.475. The average molecular weight is 492 g/mol. The fourth-order valence-electron chi connectivity index (χ4n) is 4.14. The fraction of sp³-hybridized carbons (Fsp3) is 0.320. The van der Waals surface area contributed by atoms with Gasteiger partial charge in [-0.25, -0.2) is 4.79 Å². The number of hydrogen-bond donors (Lipinski definition) is 2. The van der Waals surface area contributed by atoms with Crippen LogP contribution in [0.4, 0.5) is 4.79 Å². The summed E-state index contributed by atoms with van der Waals surface area (Å²) < 4.78 is 23.0. The number of imide groups is 2. The molecule has 186 valence electrons. The second kappa shape index (κ2) is 9.78. The summed E-state index contributed by atoms with van der Waals surface area (Å²) >= 11 is 0. The van der Waals surface area contributed by atoms with Crippen molar-refractivity contribution in [3.05, 3.63) is 54.4 Å². The predicted octanol–water partition coefficient (Wildman–Crippen LogP) is 3.28. The zero-order valence-corrected chi connectivity index (χ0v) is 19.5. The highest BCUT2D eigenvalue weighted by molar-refractivity contribution is 6.21. The molecular formula is C25H24N4O7. The molecule has 0 saturated carbocycles. The molecule has 2 fully saturated rings. The van der Waals surface area contributed by atoms with Gasteiger partial charge in [0.05, 0.1) is 6.10 Å². The number of benzene rings is 2. The van der Waals surface area contributed by atoms with Crippen molar-refractivity contribution in [2.24, 2.45) is 0 Å². The number of carbonyl (C=O) groups excluding carboxylic acids is 3. The number of nitrogens with one attached hydrogen (secondary N) is 2. The van der Waals surface area contributed by atoms with Crippen molar-refractivity contribution in [2.45, 2.75) is 44.3 Å². The largest absolute Gasteiger partial charge is 0.467 e. The Bertz CT molecular complexity index is 1240. The summed E-state index contributed by atoms with van der Waals surface area (Å²) in [6, 6.07) is 12.8. The highest BCUT2D eigenvalue weighted by atomic mass is 16.5. The Morgan fingerprint density at radius 3 is 2.14 bits per heavy atom. The van der Waals surface area contributed by atoms with Crippen LogP contribution in [-0.4, -0.2) is 46.4 Å². The molecule has 0 aliphatic carbocycles. The van der Waals surface area contributed by atoms with Crippen LogP contribution >= 0.6 is 0 Å². The third-order valence-electron chi connectivity index (χ3n) is 5.96. The number of ether oxygens (including phenoxy) is 3. The molecule has 4 amide bonds. The Balaban J connectivity index is 1.30. The Kier molecular flexibility index (Phi) is 6.38. The molecule has 1 unspecified atom stereocenters. The van der Waals surface area contributed by atoms with E-state index >= 15 is 0 Å². The Morgan fingerprint density at radius 1 is 0.917 bits per heavy atom. The summed E-state index contributed by atoms with van der Waals surface area (Å²) in [5.74, 6) is 0.630. The normalized spacial score (nSPS) is 19.4. The molecule has 2 N–H and O–H groups in total. The van der Waals surface area contributed by atoms with E-state index in [4.69, 9.17) is 18.6 Å². The maximum absolute atomic E-state index is 12.8. The zero-order valence-electron chi connectivity index (χ0n) is 19.5. The Morgan fingerprint density at radius 2 is 1.56 bits per heavy atom. The fourth-order valence-corrected chi connectivity index (χ4v) is 4.14. The van der Waals surface area contributed by atoms with Crippen LogP contribution in [0.25, 0.3) is 11.5 Å². The van der Waals surface area contributed by atoms with Crippen LogP contribution in [0, 0.1) is 6.92 Å². The molecule has 11 nitrogen and oxygen atoms in total. The maximum Gasteiger partial charge on any atom is 0.328 e. The maximum atomic E-state index is 12.8. The number of barbiturate groups is 1. The molecule has 0 spiro atoms. The highest BCUT2D eigenvalue weighted by Gasteiger charge is 2.54. The van der Waals surface area contributed by atoms with Gasteiger partial charge in [-0.1, -0.05) is 0 Å². The molecular weight excluding hydrogens is 468 g/mol. The van der Waals surface area contributed by atoms with Crippen LogP contribution < -0.4 is 20.1 Å². The van der Waals surface area contributed by atoms with Crippen molar-refractivity contribution < 1.29 is 33.0 Å². The first kappa shape index (κ1) is 23.5. The van der Waals surface area contributed by atoms with E-state index in [9.17, 15) is 14.4 Å². The van der Waals surface area contributed by atoms with Gasteiger partial charge in [0.25, 0.3) is 17.4 Å². The van der Waals surface area contributed by atoms with Crippen molar-refractivity contribution in [3.63, 3.8) is 0 Å². The van der Waals surface area contributed by atoms with Crippen molar-refractivity contribution in [1.82, 2.24) is 20.8 Å². The molecule has 2 saturated heterocycles. The lowest BCUT2D eigenvalue weighted by molar-refractivity contribution is -0.156. The number of aromatic nitrogens is 2. The van der Waals surface area contributed by atoms with Gasteiger partial charge in [-0.15, -0.1) is 10.2 Å². The van der Waals surface area contributed by atoms with Crippen molar-refractivity contribution in [3.8, 4) is 28.7 Å². The van der Waals surface area contributed by atoms with Crippen LogP contribution in [0.2, 0.25) is 0 Å². The number of hydrogen-bond acceptors (Lipinski definition) is 9. The molecule has 2 aliphatic heterocycles. The van der Waals surface area contributed by atoms with Gasteiger partial charge >= 0.3 is 6.03 Å². The lowest BCUT2D eigenvalue weighted by atomic mass is 9.89. The first-order valence-electron chi connectivity index (χ1n) is 11.6. The Hall–Kier alpha value is -4.25. The van der Waals surface area contributed by atoms with Crippen LogP contribution in [0.3, 0.4) is 0 Å².